The molecule has 0 radical (unpaired) electrons. The van der Waals surface area contributed by atoms with Gasteiger partial charge < -0.3 is 10.6 Å². The summed E-state index contributed by atoms with van der Waals surface area (Å²) < 4.78 is 1.67. The molecule has 3 aromatic rings. The van der Waals surface area contributed by atoms with Crippen LogP contribution in [-0.4, -0.2) is 21.6 Å². The van der Waals surface area contributed by atoms with Gasteiger partial charge in [-0.3, -0.25) is 9.59 Å². The van der Waals surface area contributed by atoms with Gasteiger partial charge in [0.05, 0.1) is 12.1 Å². The smallest absolute Gasteiger partial charge is 0.251 e. The van der Waals surface area contributed by atoms with Crippen molar-refractivity contribution in [2.24, 2.45) is 0 Å². The minimum absolute atomic E-state index is 0.0316. The molecule has 4 rings (SSSR count). The standard InChI is InChI=1S/C24H26N4O2/c1-4-19-22(17-8-6-5-7-9-17)23-26-24(30)20(28(23)27-19)14-21(29)25-18-12-10-16(11-13-18)15(2)3/h5-13,15,20H,4,14H2,1-3H3,(H,25,29)(H,26,30). The topological polar surface area (TPSA) is 76.0 Å². The Hall–Kier alpha value is -3.41. The van der Waals surface area contributed by atoms with Crippen LogP contribution in [0, 0.1) is 0 Å². The lowest BCUT2D eigenvalue weighted by molar-refractivity contribution is -0.123. The Labute approximate surface area is 176 Å². The summed E-state index contributed by atoms with van der Waals surface area (Å²) in [6.07, 6.45) is 0.769. The highest BCUT2D eigenvalue weighted by Gasteiger charge is 2.36. The number of hydrogen-bond donors (Lipinski definition) is 2. The number of aromatic nitrogens is 2. The Morgan fingerprint density at radius 2 is 1.83 bits per heavy atom. The van der Waals surface area contributed by atoms with Crippen molar-refractivity contribution < 1.29 is 9.59 Å². The number of rotatable bonds is 6. The molecule has 0 spiro atoms. The molecule has 2 N–H and O–H groups in total. The van der Waals surface area contributed by atoms with Gasteiger partial charge in [-0.15, -0.1) is 0 Å². The van der Waals surface area contributed by atoms with Crippen molar-refractivity contribution >= 4 is 23.3 Å². The maximum atomic E-state index is 12.6. The van der Waals surface area contributed by atoms with Crippen LogP contribution in [0.4, 0.5) is 11.5 Å². The van der Waals surface area contributed by atoms with Crippen LogP contribution in [0.1, 0.15) is 50.4 Å². The van der Waals surface area contributed by atoms with Crippen molar-refractivity contribution in [2.75, 3.05) is 10.6 Å². The van der Waals surface area contributed by atoms with Gasteiger partial charge in [-0.25, -0.2) is 4.68 Å². The third-order valence-corrected chi connectivity index (χ3v) is 5.46. The van der Waals surface area contributed by atoms with Crippen LogP contribution in [0.5, 0.6) is 0 Å². The van der Waals surface area contributed by atoms with E-state index >= 15 is 0 Å². The summed E-state index contributed by atoms with van der Waals surface area (Å²) in [6, 6.07) is 17.0. The lowest BCUT2D eigenvalue weighted by Gasteiger charge is -2.11. The fraction of sp³-hybridized carbons (Fsp3) is 0.292. The first-order valence-electron chi connectivity index (χ1n) is 10.4. The molecule has 2 aromatic carbocycles. The molecular weight excluding hydrogens is 376 g/mol. The Morgan fingerprint density at radius 3 is 2.47 bits per heavy atom. The van der Waals surface area contributed by atoms with Gasteiger partial charge in [0.2, 0.25) is 5.91 Å². The van der Waals surface area contributed by atoms with E-state index in [1.54, 1.807) is 4.68 Å². The molecule has 6 heteroatoms. The van der Waals surface area contributed by atoms with Crippen molar-refractivity contribution in [1.29, 1.82) is 0 Å². The molecule has 0 aliphatic carbocycles. The number of anilines is 2. The summed E-state index contributed by atoms with van der Waals surface area (Å²) in [4.78, 5) is 25.3. The van der Waals surface area contributed by atoms with Gasteiger partial charge >= 0.3 is 0 Å². The van der Waals surface area contributed by atoms with Crippen LogP contribution in [0.25, 0.3) is 11.1 Å². The van der Waals surface area contributed by atoms with Crippen molar-refractivity contribution in [1.82, 2.24) is 9.78 Å². The van der Waals surface area contributed by atoms with E-state index in [0.717, 1.165) is 28.9 Å². The third-order valence-electron chi connectivity index (χ3n) is 5.46. The van der Waals surface area contributed by atoms with Crippen LogP contribution in [0.2, 0.25) is 0 Å². The maximum Gasteiger partial charge on any atom is 0.251 e. The number of benzene rings is 2. The van der Waals surface area contributed by atoms with Crippen molar-refractivity contribution in [3.05, 3.63) is 65.9 Å². The van der Waals surface area contributed by atoms with Crippen molar-refractivity contribution in [2.45, 2.75) is 45.6 Å². The van der Waals surface area contributed by atoms with Gasteiger partial charge in [-0.05, 0) is 35.6 Å². The average molecular weight is 402 g/mol. The molecule has 2 heterocycles. The summed E-state index contributed by atoms with van der Waals surface area (Å²) in [5.74, 6) is 0.682. The molecule has 30 heavy (non-hydrogen) atoms. The monoisotopic (exact) mass is 402 g/mol. The molecule has 0 saturated carbocycles. The molecule has 0 saturated heterocycles. The molecule has 6 nitrogen and oxygen atoms in total. The van der Waals surface area contributed by atoms with E-state index in [9.17, 15) is 9.59 Å². The molecule has 1 aromatic heterocycles. The number of nitrogens with zero attached hydrogens (tertiary/aromatic N) is 2. The van der Waals surface area contributed by atoms with Gasteiger partial charge in [0, 0.05) is 11.3 Å². The highest BCUT2D eigenvalue weighted by atomic mass is 16.2. The van der Waals surface area contributed by atoms with Gasteiger partial charge in [-0.1, -0.05) is 63.2 Å². The van der Waals surface area contributed by atoms with E-state index in [1.165, 1.54) is 5.56 Å². The first-order chi connectivity index (χ1) is 14.5. The van der Waals surface area contributed by atoms with E-state index in [0.29, 0.717) is 11.7 Å². The lowest BCUT2D eigenvalue weighted by atomic mass is 10.0. The lowest BCUT2D eigenvalue weighted by Crippen LogP contribution is -2.24. The Morgan fingerprint density at radius 1 is 1.13 bits per heavy atom. The van der Waals surface area contributed by atoms with Gasteiger partial charge in [0.15, 0.2) is 0 Å². The number of fused-ring (bicyclic) bond motifs is 1. The van der Waals surface area contributed by atoms with Crippen LogP contribution in [0.15, 0.2) is 54.6 Å². The number of nitrogens with one attached hydrogen (secondary N) is 2. The second kappa shape index (κ2) is 8.14. The number of carbonyl (C=O) groups is 2. The first kappa shape index (κ1) is 19.9. The van der Waals surface area contributed by atoms with E-state index in [-0.39, 0.29) is 18.2 Å². The van der Waals surface area contributed by atoms with Crippen LogP contribution >= 0.6 is 0 Å². The molecule has 154 valence electrons. The van der Waals surface area contributed by atoms with Crippen molar-refractivity contribution in [3.63, 3.8) is 0 Å². The molecule has 0 bridgehead atoms. The molecule has 0 fully saturated rings. The molecule has 1 atom stereocenters. The van der Waals surface area contributed by atoms with E-state index in [1.807, 2.05) is 61.5 Å². The largest absolute Gasteiger partial charge is 0.326 e. The summed E-state index contributed by atoms with van der Waals surface area (Å²) in [5.41, 5.74) is 4.78. The summed E-state index contributed by atoms with van der Waals surface area (Å²) >= 11 is 0. The SMILES string of the molecule is CCc1nn2c(c1-c1ccccc1)NC(=O)C2CC(=O)Nc1ccc(C(C)C)cc1. The van der Waals surface area contributed by atoms with Crippen molar-refractivity contribution in [3.8, 4) is 11.1 Å². The number of amides is 2. The molecule has 2 amide bonds. The molecule has 1 aliphatic rings. The predicted octanol–water partition coefficient (Wildman–Crippen LogP) is 4.76. The zero-order valence-electron chi connectivity index (χ0n) is 17.5. The van der Waals surface area contributed by atoms with Crippen LogP contribution < -0.4 is 10.6 Å². The molecular formula is C24H26N4O2. The van der Waals surface area contributed by atoms with Gasteiger partial charge in [0.1, 0.15) is 11.9 Å². The second-order valence-electron chi connectivity index (χ2n) is 7.87. The first-order valence-corrected chi connectivity index (χ1v) is 10.4. The molecule has 1 unspecified atom stereocenters. The second-order valence-corrected chi connectivity index (χ2v) is 7.87. The fourth-order valence-electron chi connectivity index (χ4n) is 3.81. The van der Waals surface area contributed by atoms with Gasteiger partial charge in [0.25, 0.3) is 5.91 Å². The summed E-state index contributed by atoms with van der Waals surface area (Å²) in [7, 11) is 0. The summed E-state index contributed by atoms with van der Waals surface area (Å²) in [6.45, 7) is 6.29. The average Bonchev–Trinajstić information content (AvgIpc) is 3.24. The quantitative estimate of drug-likeness (QED) is 0.624. The minimum atomic E-state index is -0.655. The van der Waals surface area contributed by atoms with Crippen LogP contribution in [0.3, 0.4) is 0 Å². The highest BCUT2D eigenvalue weighted by Crippen LogP contribution is 2.38. The van der Waals surface area contributed by atoms with E-state index in [2.05, 4.69) is 29.6 Å². The Bertz CT molecular complexity index is 1070. The minimum Gasteiger partial charge on any atom is -0.326 e. The predicted molar refractivity (Wildman–Crippen MR) is 118 cm³/mol. The normalized spacial score (nSPS) is 15.2. The van der Waals surface area contributed by atoms with Gasteiger partial charge in [-0.2, -0.15) is 5.10 Å². The maximum absolute atomic E-state index is 12.6. The molecule has 1 aliphatic heterocycles. The summed E-state index contributed by atoms with van der Waals surface area (Å²) in [5, 5.41) is 10.5. The number of hydrogen-bond acceptors (Lipinski definition) is 3. The van der Waals surface area contributed by atoms with Crippen LogP contribution in [-0.2, 0) is 16.0 Å². The number of aryl methyl sites for hydroxylation is 1. The zero-order valence-corrected chi connectivity index (χ0v) is 17.5. The zero-order chi connectivity index (χ0) is 21.3. The number of carbonyl (C=O) groups excluding carboxylic acids is 2. The van der Waals surface area contributed by atoms with E-state index < -0.39 is 6.04 Å². The highest BCUT2D eigenvalue weighted by molar-refractivity contribution is 6.04. The Kier molecular flexibility index (Phi) is 5.40. The Balaban J connectivity index is 1.55. The third kappa shape index (κ3) is 3.73. The fourth-order valence-corrected chi connectivity index (χ4v) is 3.81. The van der Waals surface area contributed by atoms with E-state index in [4.69, 9.17) is 0 Å².